The zero-order valence-corrected chi connectivity index (χ0v) is 12.4. The molecule has 7 nitrogen and oxygen atoms in total. The maximum absolute atomic E-state index is 13.4. The fraction of sp³-hybridized carbons (Fsp3) is 0.500. The number of carbonyl (C=O) groups excluding carboxylic acids is 1. The minimum atomic E-state index is -0.807. The number of nitrogen functional groups attached to an aromatic ring is 1. The van der Waals surface area contributed by atoms with Gasteiger partial charge in [-0.15, -0.1) is 0 Å². The van der Waals surface area contributed by atoms with Gasteiger partial charge >= 0.3 is 11.7 Å². The van der Waals surface area contributed by atoms with Crippen molar-refractivity contribution < 1.29 is 19.0 Å². The van der Waals surface area contributed by atoms with Crippen molar-refractivity contribution >= 4 is 18.0 Å². The summed E-state index contributed by atoms with van der Waals surface area (Å²) in [6, 6.07) is 0. The molecule has 0 bridgehead atoms. The van der Waals surface area contributed by atoms with Gasteiger partial charge in [-0.05, 0) is 12.0 Å². The summed E-state index contributed by atoms with van der Waals surface area (Å²) < 4.78 is 19.4. The molecule has 1 aromatic rings. The third kappa shape index (κ3) is 3.16. The maximum atomic E-state index is 13.4. The number of rotatable bonds is 5. The van der Waals surface area contributed by atoms with E-state index < -0.39 is 22.7 Å². The molecule has 1 atom stereocenters. The van der Waals surface area contributed by atoms with E-state index in [9.17, 15) is 19.1 Å². The van der Waals surface area contributed by atoms with E-state index in [1.54, 1.807) is 13.8 Å². The van der Waals surface area contributed by atoms with E-state index in [0.29, 0.717) is 12.0 Å². The van der Waals surface area contributed by atoms with Crippen molar-refractivity contribution in [3.05, 3.63) is 28.1 Å². The highest BCUT2D eigenvalue weighted by Gasteiger charge is 2.50. The number of aromatic nitrogens is 2. The molecule has 0 amide bonds. The molecule has 0 aliphatic heterocycles. The molecular weight excluding hydrogens is 293 g/mol. The van der Waals surface area contributed by atoms with Crippen LogP contribution < -0.4 is 11.4 Å². The van der Waals surface area contributed by atoms with Crippen LogP contribution in [0.1, 0.15) is 20.3 Å². The molecule has 1 aliphatic rings. The van der Waals surface area contributed by atoms with Crippen molar-refractivity contribution in [2.24, 2.45) is 11.3 Å². The summed E-state index contributed by atoms with van der Waals surface area (Å²) in [5.41, 5.74) is 4.46. The first-order valence-electron chi connectivity index (χ1n) is 6.82. The molecule has 0 unspecified atom stereocenters. The second-order valence-electron chi connectivity index (χ2n) is 5.70. The molecule has 1 heterocycles. The van der Waals surface area contributed by atoms with Crippen LogP contribution in [0.5, 0.6) is 0 Å². The summed E-state index contributed by atoms with van der Waals surface area (Å²) in [6.45, 7) is 3.20. The number of nitrogens with zero attached hydrogens (tertiary/aromatic N) is 2. The van der Waals surface area contributed by atoms with E-state index >= 15 is 0 Å². The van der Waals surface area contributed by atoms with E-state index in [0.717, 1.165) is 10.8 Å². The van der Waals surface area contributed by atoms with Crippen molar-refractivity contribution in [3.8, 4) is 0 Å². The Morgan fingerprint density at radius 3 is 2.95 bits per heavy atom. The van der Waals surface area contributed by atoms with Crippen LogP contribution in [-0.4, -0.2) is 33.8 Å². The molecule has 1 fully saturated rings. The Kier molecular flexibility index (Phi) is 4.32. The zero-order chi connectivity index (χ0) is 16.5. The Balaban J connectivity index is 2.16. The predicted octanol–water partition coefficient (Wildman–Crippen LogP) is 0.387. The minimum Gasteiger partial charge on any atom is -0.464 e. The van der Waals surface area contributed by atoms with E-state index in [4.69, 9.17) is 10.5 Å². The summed E-state index contributed by atoms with van der Waals surface area (Å²) in [6.07, 6.45) is 2.77. The number of ether oxygens (including phenoxy) is 1. The lowest BCUT2D eigenvalue weighted by Crippen LogP contribution is -2.23. The van der Waals surface area contributed by atoms with Crippen LogP contribution >= 0.6 is 0 Å². The zero-order valence-electron chi connectivity index (χ0n) is 12.4. The number of anilines is 1. The van der Waals surface area contributed by atoms with Gasteiger partial charge in [-0.25, -0.2) is 9.18 Å². The number of aliphatic hydroxyl groups is 1. The van der Waals surface area contributed by atoms with Crippen LogP contribution in [0.15, 0.2) is 16.6 Å². The third-order valence-electron chi connectivity index (χ3n) is 3.58. The number of halogens is 1. The van der Waals surface area contributed by atoms with Crippen molar-refractivity contribution in [2.45, 2.75) is 20.3 Å². The molecule has 2 rings (SSSR count). The van der Waals surface area contributed by atoms with Gasteiger partial charge in [-0.2, -0.15) is 4.98 Å². The Labute approximate surface area is 126 Å². The molecule has 3 N–H and O–H groups in total. The standard InChI is InChI=1S/C14H18FN3O4/c1-8(2)12(20)22-7-14(6-19)3-9(14)4-18-5-10(15)11(16)17-13(18)21/h4-5,8,19H,3,6-7H2,1-2H3,(H2,16,17,21)/b9-4-/t14-/m1/s1. The first kappa shape index (κ1) is 16.2. The fourth-order valence-electron chi connectivity index (χ4n) is 1.94. The van der Waals surface area contributed by atoms with E-state index in [1.807, 2.05) is 0 Å². The molecule has 1 saturated carbocycles. The smallest absolute Gasteiger partial charge is 0.353 e. The summed E-state index contributed by atoms with van der Waals surface area (Å²) in [7, 11) is 0. The van der Waals surface area contributed by atoms with Crippen LogP contribution in [0.2, 0.25) is 0 Å². The SMILES string of the molecule is CC(C)C(=O)OC[C@]1(CO)C/C1=C/n1cc(F)c(N)nc1=O. The highest BCUT2D eigenvalue weighted by Crippen LogP contribution is 2.52. The fourth-order valence-corrected chi connectivity index (χ4v) is 1.94. The summed E-state index contributed by atoms with van der Waals surface area (Å²) in [4.78, 5) is 26.4. The number of aliphatic hydroxyl groups excluding tert-OH is 1. The molecule has 0 saturated heterocycles. The number of esters is 1. The Morgan fingerprint density at radius 2 is 2.36 bits per heavy atom. The van der Waals surface area contributed by atoms with Gasteiger partial charge in [0.05, 0.1) is 24.1 Å². The van der Waals surface area contributed by atoms with Gasteiger partial charge in [0, 0.05) is 6.20 Å². The number of hydrogen-bond donors (Lipinski definition) is 2. The molecule has 0 aromatic carbocycles. The second kappa shape index (κ2) is 5.88. The second-order valence-corrected chi connectivity index (χ2v) is 5.70. The number of nitrogens with two attached hydrogens (primary N) is 1. The van der Waals surface area contributed by atoms with Crippen molar-refractivity contribution in [1.82, 2.24) is 9.55 Å². The van der Waals surface area contributed by atoms with Gasteiger partial charge in [0.25, 0.3) is 0 Å². The number of hydrogen-bond acceptors (Lipinski definition) is 6. The monoisotopic (exact) mass is 311 g/mol. The average molecular weight is 311 g/mol. The van der Waals surface area contributed by atoms with Crippen LogP contribution in [0, 0.1) is 17.2 Å². The summed E-state index contributed by atoms with van der Waals surface area (Å²) in [5, 5.41) is 9.50. The van der Waals surface area contributed by atoms with Gasteiger partial charge in [-0.3, -0.25) is 9.36 Å². The van der Waals surface area contributed by atoms with E-state index in [-0.39, 0.29) is 25.1 Å². The first-order chi connectivity index (χ1) is 10.3. The third-order valence-corrected chi connectivity index (χ3v) is 3.58. The van der Waals surface area contributed by atoms with Gasteiger partial charge in [0.2, 0.25) is 0 Å². The van der Waals surface area contributed by atoms with Crippen molar-refractivity contribution in [2.75, 3.05) is 18.9 Å². The maximum Gasteiger partial charge on any atom is 0.353 e. The van der Waals surface area contributed by atoms with Gasteiger partial charge in [0.15, 0.2) is 11.6 Å². The molecular formula is C14H18FN3O4. The molecule has 22 heavy (non-hydrogen) atoms. The molecule has 120 valence electrons. The topological polar surface area (TPSA) is 107 Å². The lowest BCUT2D eigenvalue weighted by Gasteiger charge is -2.13. The van der Waals surface area contributed by atoms with Gasteiger partial charge < -0.3 is 15.6 Å². The minimum absolute atomic E-state index is 0.0198. The Morgan fingerprint density at radius 1 is 1.68 bits per heavy atom. The molecule has 0 spiro atoms. The predicted molar refractivity (Wildman–Crippen MR) is 77.1 cm³/mol. The molecule has 8 heteroatoms. The van der Waals surface area contributed by atoms with E-state index in [1.165, 1.54) is 6.20 Å². The Bertz CT molecular complexity index is 683. The van der Waals surface area contributed by atoms with Crippen molar-refractivity contribution in [1.29, 1.82) is 0 Å². The van der Waals surface area contributed by atoms with E-state index in [2.05, 4.69) is 4.98 Å². The molecule has 1 aliphatic carbocycles. The quantitative estimate of drug-likeness (QED) is 0.762. The lowest BCUT2D eigenvalue weighted by atomic mass is 10.1. The lowest BCUT2D eigenvalue weighted by molar-refractivity contribution is -0.149. The largest absolute Gasteiger partial charge is 0.464 e. The van der Waals surface area contributed by atoms with Crippen LogP contribution in [0.4, 0.5) is 10.2 Å². The average Bonchev–Trinajstić information content (AvgIpc) is 3.15. The Hall–Kier alpha value is -2.22. The van der Waals surface area contributed by atoms with Gasteiger partial charge in [-0.1, -0.05) is 13.8 Å². The van der Waals surface area contributed by atoms with Crippen LogP contribution in [0.3, 0.4) is 0 Å². The molecule has 0 radical (unpaired) electrons. The first-order valence-corrected chi connectivity index (χ1v) is 6.82. The highest BCUT2D eigenvalue weighted by atomic mass is 19.1. The summed E-state index contributed by atoms with van der Waals surface area (Å²) in [5.74, 6) is -1.90. The van der Waals surface area contributed by atoms with Crippen molar-refractivity contribution in [3.63, 3.8) is 0 Å². The van der Waals surface area contributed by atoms with Crippen LogP contribution in [0.25, 0.3) is 6.20 Å². The van der Waals surface area contributed by atoms with Crippen LogP contribution in [-0.2, 0) is 9.53 Å². The molecule has 1 aromatic heterocycles. The van der Waals surface area contributed by atoms with Gasteiger partial charge in [0.1, 0.15) is 6.61 Å². The normalized spacial score (nSPS) is 22.1. The highest BCUT2D eigenvalue weighted by molar-refractivity contribution is 5.71. The summed E-state index contributed by atoms with van der Waals surface area (Å²) >= 11 is 0. The number of carbonyl (C=O) groups is 1.